The van der Waals surface area contributed by atoms with Gasteiger partial charge >= 0.3 is 0 Å². The van der Waals surface area contributed by atoms with Gasteiger partial charge in [0, 0.05) is 54.5 Å². The maximum Gasteiger partial charge on any atom is 0.290 e. The number of carbonyl (C=O) groups excluding carboxylic acids is 1. The highest BCUT2D eigenvalue weighted by Crippen LogP contribution is 2.39. The van der Waals surface area contributed by atoms with E-state index in [1.54, 1.807) is 13.1 Å². The number of fused-ring (bicyclic) bond motifs is 2. The van der Waals surface area contributed by atoms with Gasteiger partial charge in [0.1, 0.15) is 11.3 Å². The van der Waals surface area contributed by atoms with Crippen LogP contribution in [0.1, 0.15) is 25.8 Å². The second kappa shape index (κ2) is 12.1. The van der Waals surface area contributed by atoms with Gasteiger partial charge < -0.3 is 25.3 Å². The summed E-state index contributed by atoms with van der Waals surface area (Å²) < 4.78 is 13.2. The summed E-state index contributed by atoms with van der Waals surface area (Å²) in [5, 5.41) is 23.4. The molecule has 5 aromatic rings. The molecule has 0 aliphatic carbocycles. The molecule has 0 unspecified atom stereocenters. The Morgan fingerprint density at radius 1 is 1.15 bits per heavy atom. The van der Waals surface area contributed by atoms with Crippen molar-refractivity contribution < 1.29 is 29.0 Å². The topological polar surface area (TPSA) is 191 Å². The summed E-state index contributed by atoms with van der Waals surface area (Å²) in [6, 6.07) is 8.13. The van der Waals surface area contributed by atoms with Crippen LogP contribution in [0.2, 0.25) is 0 Å². The Bertz CT molecular complexity index is 1600. The number of likely N-dealkylation sites (tertiary alicyclic amines) is 1. The fourth-order valence-electron chi connectivity index (χ4n) is 4.53. The van der Waals surface area contributed by atoms with Gasteiger partial charge in [0.15, 0.2) is 11.4 Å². The fourth-order valence-corrected chi connectivity index (χ4v) is 5.21. The summed E-state index contributed by atoms with van der Waals surface area (Å²) in [6.45, 7) is 2.63. The number of rotatable bonds is 3. The number of piperidine rings is 1. The third-order valence-corrected chi connectivity index (χ3v) is 7.10. The van der Waals surface area contributed by atoms with Gasteiger partial charge in [-0.25, -0.2) is 4.98 Å². The highest BCUT2D eigenvalue weighted by atomic mass is 32.1. The van der Waals surface area contributed by atoms with Gasteiger partial charge in [-0.3, -0.25) is 19.1 Å². The van der Waals surface area contributed by atoms with Crippen molar-refractivity contribution in [3.05, 3.63) is 42.9 Å². The zero-order valence-electron chi connectivity index (χ0n) is 20.8. The van der Waals surface area contributed by atoms with Crippen molar-refractivity contribution in [2.75, 3.05) is 18.8 Å². The standard InChI is InChI=1S/C23H21N7O2S.2CH2O2/c1-13(31)29-7-5-15(6-8-29)30-12-14(10-26-30)18-11-25-23(24)21-17(18)9-20(32-21)16-3-2-4-19-22(16)33-28-27-19;2*2-1-3/h2-4,9-12,15H,5-8H2,1H3,(H2,24,25);2*1H,(H,2,3). The molecule has 5 heterocycles. The second-order valence-electron chi connectivity index (χ2n) is 8.49. The first-order valence-corrected chi connectivity index (χ1v) is 12.5. The van der Waals surface area contributed by atoms with Gasteiger partial charge in [-0.1, -0.05) is 10.6 Å². The number of aromatic nitrogens is 5. The Kier molecular flexibility index (Phi) is 8.46. The molecule has 0 radical (unpaired) electrons. The van der Waals surface area contributed by atoms with Crippen LogP contribution < -0.4 is 5.73 Å². The van der Waals surface area contributed by atoms with Crippen molar-refractivity contribution in [2.45, 2.75) is 25.8 Å². The highest BCUT2D eigenvalue weighted by molar-refractivity contribution is 7.13. The number of hydrogen-bond acceptors (Lipinski definition) is 10. The SMILES string of the molecule is CC(=O)N1CCC(n2cc(-c3cnc(N)c4oc(-c5cccc6nnsc56)cc34)cn2)CC1.O=CO.O=CO. The molecule has 6 rings (SSSR count). The van der Waals surface area contributed by atoms with Gasteiger partial charge in [0.25, 0.3) is 12.9 Å². The molecule has 39 heavy (non-hydrogen) atoms. The molecule has 1 saturated heterocycles. The minimum absolute atomic E-state index is 0.130. The maximum absolute atomic E-state index is 11.6. The van der Waals surface area contributed by atoms with Crippen molar-refractivity contribution in [3.8, 4) is 22.5 Å². The van der Waals surface area contributed by atoms with Gasteiger partial charge in [-0.2, -0.15) is 5.10 Å². The first-order valence-electron chi connectivity index (χ1n) is 11.8. The first-order chi connectivity index (χ1) is 18.9. The number of nitrogens with zero attached hydrogens (tertiary/aromatic N) is 6. The number of carboxylic acid groups (broad SMARTS) is 2. The average molecular weight is 552 g/mol. The van der Waals surface area contributed by atoms with Crippen LogP contribution in [-0.4, -0.2) is 71.4 Å². The molecule has 0 atom stereocenters. The molecule has 1 fully saturated rings. The predicted octanol–water partition coefficient (Wildman–Crippen LogP) is 3.53. The van der Waals surface area contributed by atoms with E-state index >= 15 is 0 Å². The van der Waals surface area contributed by atoms with E-state index in [4.69, 9.17) is 30.0 Å². The van der Waals surface area contributed by atoms with Crippen LogP contribution in [0.15, 0.2) is 47.3 Å². The van der Waals surface area contributed by atoms with Gasteiger partial charge in [-0.15, -0.1) is 5.10 Å². The van der Waals surface area contributed by atoms with Gasteiger partial charge in [-0.05, 0) is 42.6 Å². The molecule has 0 spiro atoms. The Balaban J connectivity index is 0.000000541. The monoisotopic (exact) mass is 551 g/mol. The Hall–Kier alpha value is -4.85. The number of hydrogen-bond donors (Lipinski definition) is 3. The lowest BCUT2D eigenvalue weighted by atomic mass is 10.0. The first kappa shape index (κ1) is 27.2. The Morgan fingerprint density at radius 3 is 2.56 bits per heavy atom. The fraction of sp³-hybridized carbons (Fsp3) is 0.240. The third kappa shape index (κ3) is 5.70. The molecule has 1 aromatic carbocycles. The summed E-state index contributed by atoms with van der Waals surface area (Å²) in [5.74, 6) is 1.18. The average Bonchev–Trinajstić information content (AvgIpc) is 3.70. The van der Waals surface area contributed by atoms with Crippen molar-refractivity contribution in [1.29, 1.82) is 0 Å². The number of furan rings is 1. The van der Waals surface area contributed by atoms with Crippen LogP contribution >= 0.6 is 11.5 Å². The van der Waals surface area contributed by atoms with Crippen LogP contribution in [0, 0.1) is 0 Å². The van der Waals surface area contributed by atoms with Crippen LogP contribution in [0.25, 0.3) is 43.6 Å². The molecule has 1 aliphatic rings. The number of anilines is 1. The lowest BCUT2D eigenvalue weighted by Crippen LogP contribution is -2.37. The van der Waals surface area contributed by atoms with Crippen LogP contribution in [0.5, 0.6) is 0 Å². The molecule has 4 N–H and O–H groups in total. The minimum atomic E-state index is -0.250. The van der Waals surface area contributed by atoms with Gasteiger partial charge in [0.2, 0.25) is 5.91 Å². The van der Waals surface area contributed by atoms with E-state index in [1.807, 2.05) is 46.2 Å². The van der Waals surface area contributed by atoms with Crippen molar-refractivity contribution in [2.24, 2.45) is 0 Å². The molecular formula is C25H25N7O6S. The number of carbonyl (C=O) groups is 3. The minimum Gasteiger partial charge on any atom is -0.483 e. The summed E-state index contributed by atoms with van der Waals surface area (Å²) >= 11 is 1.34. The Labute approximate surface area is 225 Å². The highest BCUT2D eigenvalue weighted by Gasteiger charge is 2.23. The molecule has 202 valence electrons. The summed E-state index contributed by atoms with van der Waals surface area (Å²) in [5.41, 5.74) is 10.3. The number of benzene rings is 1. The number of amides is 1. The normalized spacial score (nSPS) is 13.3. The summed E-state index contributed by atoms with van der Waals surface area (Å²) in [4.78, 5) is 34.6. The van der Waals surface area contributed by atoms with E-state index in [-0.39, 0.29) is 24.9 Å². The van der Waals surface area contributed by atoms with Crippen LogP contribution in [0.3, 0.4) is 0 Å². The predicted molar refractivity (Wildman–Crippen MR) is 144 cm³/mol. The number of pyridine rings is 1. The molecule has 1 amide bonds. The number of nitrogen functional groups attached to an aromatic ring is 1. The zero-order chi connectivity index (χ0) is 27.9. The number of nitrogens with two attached hydrogens (primary N) is 1. The molecule has 13 nitrogen and oxygen atoms in total. The third-order valence-electron chi connectivity index (χ3n) is 6.32. The van der Waals surface area contributed by atoms with E-state index in [1.165, 1.54) is 11.5 Å². The summed E-state index contributed by atoms with van der Waals surface area (Å²) in [7, 11) is 0. The molecule has 0 saturated carbocycles. The van der Waals surface area contributed by atoms with Crippen LogP contribution in [0.4, 0.5) is 5.82 Å². The lowest BCUT2D eigenvalue weighted by Gasteiger charge is -2.31. The zero-order valence-corrected chi connectivity index (χ0v) is 21.6. The van der Waals surface area contributed by atoms with Crippen molar-refractivity contribution in [1.82, 2.24) is 29.3 Å². The molecular weight excluding hydrogens is 526 g/mol. The van der Waals surface area contributed by atoms with Crippen molar-refractivity contribution >= 4 is 57.4 Å². The second-order valence-corrected chi connectivity index (χ2v) is 9.25. The van der Waals surface area contributed by atoms with E-state index in [9.17, 15) is 4.79 Å². The molecule has 1 aliphatic heterocycles. The maximum atomic E-state index is 11.6. The van der Waals surface area contributed by atoms with Crippen molar-refractivity contribution in [3.63, 3.8) is 0 Å². The molecule has 4 aromatic heterocycles. The van der Waals surface area contributed by atoms with E-state index < -0.39 is 0 Å². The smallest absolute Gasteiger partial charge is 0.290 e. The van der Waals surface area contributed by atoms with E-state index in [0.29, 0.717) is 17.2 Å². The largest absolute Gasteiger partial charge is 0.483 e. The summed E-state index contributed by atoms with van der Waals surface area (Å²) in [6.07, 6.45) is 7.44. The lowest BCUT2D eigenvalue weighted by molar-refractivity contribution is -0.130. The van der Waals surface area contributed by atoms with Gasteiger partial charge in [0.05, 0.1) is 16.9 Å². The molecule has 14 heteroatoms. The Morgan fingerprint density at radius 2 is 1.87 bits per heavy atom. The van der Waals surface area contributed by atoms with Crippen LogP contribution in [-0.2, 0) is 14.4 Å². The molecule has 0 bridgehead atoms. The van der Waals surface area contributed by atoms with E-state index in [0.717, 1.165) is 58.2 Å². The quantitative estimate of drug-likeness (QED) is 0.278. The van der Waals surface area contributed by atoms with E-state index in [2.05, 4.69) is 19.7 Å².